The molecule has 1 aromatic carbocycles. The van der Waals surface area contributed by atoms with E-state index in [9.17, 15) is 5.11 Å². The Morgan fingerprint density at radius 1 is 1.29 bits per heavy atom. The molecule has 4 heteroatoms. The molecule has 0 aliphatic carbocycles. The normalized spacial score (nSPS) is 11.4. The first-order chi connectivity index (χ1) is 6.36. The average molecular weight is 196 g/mol. The van der Waals surface area contributed by atoms with Crippen molar-refractivity contribution in [3.05, 3.63) is 17.7 Å². The highest BCUT2D eigenvalue weighted by Crippen LogP contribution is 2.35. The van der Waals surface area contributed by atoms with E-state index in [0.29, 0.717) is 0 Å². The molecule has 78 valence electrons. The lowest BCUT2D eigenvalue weighted by molar-refractivity contribution is 0.381. The number of hydrogen-bond donors (Lipinski definition) is 4. The molecule has 0 bridgehead atoms. The van der Waals surface area contributed by atoms with Crippen LogP contribution in [-0.4, -0.2) is 10.3 Å². The van der Waals surface area contributed by atoms with Crippen LogP contribution in [0.25, 0.3) is 0 Å². The zero-order valence-corrected chi connectivity index (χ0v) is 8.63. The first-order valence-electron chi connectivity index (χ1n) is 4.39. The fourth-order valence-electron chi connectivity index (χ4n) is 1.18. The third kappa shape index (κ3) is 1.90. The third-order valence-electron chi connectivity index (χ3n) is 2.13. The largest absolute Gasteiger partial charge is 0.504 e. The quantitative estimate of drug-likeness (QED) is 0.315. The van der Waals surface area contributed by atoms with E-state index in [4.69, 9.17) is 10.9 Å². The summed E-state index contributed by atoms with van der Waals surface area (Å²) in [5, 5.41) is 18.2. The van der Waals surface area contributed by atoms with Gasteiger partial charge in [-0.3, -0.25) is 10.7 Å². The minimum atomic E-state index is -0.125. The van der Waals surface area contributed by atoms with Crippen molar-refractivity contribution in [2.75, 3.05) is 11.2 Å². The number of benzene rings is 1. The van der Waals surface area contributed by atoms with Crippen molar-refractivity contribution >= 4 is 11.4 Å². The third-order valence-corrected chi connectivity index (χ3v) is 2.13. The van der Waals surface area contributed by atoms with Gasteiger partial charge in [0.05, 0.1) is 5.69 Å². The molecule has 0 amide bonds. The zero-order chi connectivity index (χ0) is 10.9. The Morgan fingerprint density at radius 3 is 2.29 bits per heavy atom. The summed E-state index contributed by atoms with van der Waals surface area (Å²) in [4.78, 5) is 0. The molecule has 14 heavy (non-hydrogen) atoms. The second-order valence-corrected chi connectivity index (χ2v) is 4.32. The molecular weight excluding hydrogens is 180 g/mol. The molecule has 4 nitrogen and oxygen atoms in total. The predicted octanol–water partition coefficient (Wildman–Crippen LogP) is 2.07. The summed E-state index contributed by atoms with van der Waals surface area (Å²) in [5.41, 5.74) is 8.87. The topological polar surface area (TPSA) is 78.5 Å². The predicted molar refractivity (Wildman–Crippen MR) is 56.6 cm³/mol. The zero-order valence-electron chi connectivity index (χ0n) is 8.63. The van der Waals surface area contributed by atoms with Gasteiger partial charge in [-0.25, -0.2) is 0 Å². The molecular formula is C10H16N2O2. The molecule has 0 aliphatic heterocycles. The Balaban J connectivity index is 3.30. The Kier molecular flexibility index (Phi) is 2.57. The lowest BCUT2D eigenvalue weighted by Gasteiger charge is -2.21. The monoisotopic (exact) mass is 196 g/mol. The van der Waals surface area contributed by atoms with Crippen LogP contribution in [0.5, 0.6) is 5.75 Å². The molecule has 0 heterocycles. The molecule has 0 saturated carbocycles. The lowest BCUT2D eigenvalue weighted by Crippen LogP contribution is -2.12. The van der Waals surface area contributed by atoms with Crippen LogP contribution in [-0.2, 0) is 5.41 Å². The van der Waals surface area contributed by atoms with Crippen molar-refractivity contribution in [1.29, 1.82) is 0 Å². The summed E-state index contributed by atoms with van der Waals surface area (Å²) in [6.07, 6.45) is 0. The van der Waals surface area contributed by atoms with Crippen molar-refractivity contribution in [3.8, 4) is 5.75 Å². The number of nitrogens with two attached hydrogens (primary N) is 1. The smallest absolute Gasteiger partial charge is 0.164 e. The van der Waals surface area contributed by atoms with E-state index in [1.807, 2.05) is 26.3 Å². The standard InChI is InChI=1S/C10H16N2O2/c1-10(2,3)6-4-7(11)9(13)8(5-6)12-14/h4-5,12-14H,11H2,1-3H3. The molecule has 1 rings (SSSR count). The molecule has 0 radical (unpaired) electrons. The van der Waals surface area contributed by atoms with Crippen LogP contribution in [0, 0.1) is 0 Å². The van der Waals surface area contributed by atoms with Gasteiger partial charge < -0.3 is 10.8 Å². The minimum absolute atomic E-state index is 0.0760. The molecule has 0 spiro atoms. The van der Waals surface area contributed by atoms with Crippen LogP contribution in [0.2, 0.25) is 0 Å². The van der Waals surface area contributed by atoms with E-state index in [1.165, 1.54) is 0 Å². The first-order valence-corrected chi connectivity index (χ1v) is 4.39. The van der Waals surface area contributed by atoms with Gasteiger partial charge in [0.2, 0.25) is 0 Å². The lowest BCUT2D eigenvalue weighted by atomic mass is 9.86. The van der Waals surface area contributed by atoms with Gasteiger partial charge >= 0.3 is 0 Å². The van der Waals surface area contributed by atoms with E-state index in [1.54, 1.807) is 12.1 Å². The van der Waals surface area contributed by atoms with E-state index < -0.39 is 0 Å². The number of aromatic hydroxyl groups is 1. The molecule has 0 atom stereocenters. The van der Waals surface area contributed by atoms with Gasteiger partial charge in [-0.15, -0.1) is 0 Å². The molecule has 0 aliphatic rings. The summed E-state index contributed by atoms with van der Waals surface area (Å²) in [5.74, 6) is -0.125. The number of hydrogen-bond acceptors (Lipinski definition) is 4. The van der Waals surface area contributed by atoms with Gasteiger partial charge in [-0.1, -0.05) is 20.8 Å². The van der Waals surface area contributed by atoms with Gasteiger partial charge in [-0.2, -0.15) is 0 Å². The van der Waals surface area contributed by atoms with Crippen LogP contribution in [0.3, 0.4) is 0 Å². The molecule has 0 saturated heterocycles. The number of phenolic OH excluding ortho intramolecular Hbond substituents is 1. The number of rotatable bonds is 1. The van der Waals surface area contributed by atoms with Crippen LogP contribution in [0.4, 0.5) is 11.4 Å². The van der Waals surface area contributed by atoms with Crippen LogP contribution in [0.15, 0.2) is 12.1 Å². The molecule has 0 aromatic heterocycles. The van der Waals surface area contributed by atoms with Gasteiger partial charge in [0, 0.05) is 0 Å². The van der Waals surface area contributed by atoms with Crippen molar-refractivity contribution in [2.24, 2.45) is 0 Å². The summed E-state index contributed by atoms with van der Waals surface area (Å²) in [6, 6.07) is 3.38. The second kappa shape index (κ2) is 3.38. The molecule has 5 N–H and O–H groups in total. The van der Waals surface area contributed by atoms with E-state index in [-0.39, 0.29) is 22.5 Å². The van der Waals surface area contributed by atoms with Gasteiger partial charge in [-0.05, 0) is 23.1 Å². The van der Waals surface area contributed by atoms with E-state index in [2.05, 4.69) is 0 Å². The average Bonchev–Trinajstić information content (AvgIpc) is 2.07. The SMILES string of the molecule is CC(C)(C)c1cc(N)c(O)c(NO)c1. The van der Waals surface area contributed by atoms with Crippen molar-refractivity contribution < 1.29 is 10.3 Å². The van der Waals surface area contributed by atoms with E-state index in [0.717, 1.165) is 5.56 Å². The number of nitrogens with one attached hydrogen (secondary N) is 1. The van der Waals surface area contributed by atoms with Crippen molar-refractivity contribution in [1.82, 2.24) is 0 Å². The fourth-order valence-corrected chi connectivity index (χ4v) is 1.18. The maximum absolute atomic E-state index is 9.44. The molecule has 0 unspecified atom stereocenters. The van der Waals surface area contributed by atoms with Crippen molar-refractivity contribution in [3.63, 3.8) is 0 Å². The summed E-state index contributed by atoms with van der Waals surface area (Å²) in [7, 11) is 0. The van der Waals surface area contributed by atoms with Crippen LogP contribution < -0.4 is 11.2 Å². The van der Waals surface area contributed by atoms with Crippen molar-refractivity contribution in [2.45, 2.75) is 26.2 Å². The number of anilines is 2. The maximum Gasteiger partial charge on any atom is 0.164 e. The highest BCUT2D eigenvalue weighted by molar-refractivity contribution is 5.69. The number of phenols is 1. The summed E-state index contributed by atoms with van der Waals surface area (Å²) in [6.45, 7) is 6.08. The first kappa shape index (κ1) is 10.7. The maximum atomic E-state index is 9.44. The molecule has 0 fully saturated rings. The van der Waals surface area contributed by atoms with E-state index >= 15 is 0 Å². The minimum Gasteiger partial charge on any atom is -0.504 e. The Bertz CT molecular complexity index is 343. The molecule has 1 aromatic rings. The summed E-state index contributed by atoms with van der Waals surface area (Å²) < 4.78 is 0. The number of nitrogen functional groups attached to an aromatic ring is 1. The Labute approximate surface area is 83.3 Å². The summed E-state index contributed by atoms with van der Waals surface area (Å²) >= 11 is 0. The van der Waals surface area contributed by atoms with Crippen LogP contribution >= 0.6 is 0 Å². The fraction of sp³-hybridized carbons (Fsp3) is 0.400. The van der Waals surface area contributed by atoms with Gasteiger partial charge in [0.25, 0.3) is 0 Å². The van der Waals surface area contributed by atoms with Gasteiger partial charge in [0.15, 0.2) is 5.75 Å². The highest BCUT2D eigenvalue weighted by atomic mass is 16.5. The highest BCUT2D eigenvalue weighted by Gasteiger charge is 2.17. The second-order valence-electron chi connectivity index (χ2n) is 4.32. The Hall–Kier alpha value is -1.42. The van der Waals surface area contributed by atoms with Gasteiger partial charge in [0.1, 0.15) is 5.69 Å². The Morgan fingerprint density at radius 2 is 1.86 bits per heavy atom. The van der Waals surface area contributed by atoms with Crippen LogP contribution in [0.1, 0.15) is 26.3 Å².